The van der Waals surface area contributed by atoms with Gasteiger partial charge in [0.15, 0.2) is 0 Å². The number of Topliss-reactive ketones (excluding diaryl/α,β-unsaturated/α-hetero) is 1. The Morgan fingerprint density at radius 3 is 2.00 bits per heavy atom. The molecule has 5 nitrogen and oxygen atoms in total. The lowest BCUT2D eigenvalue weighted by atomic mass is 9.71. The van der Waals surface area contributed by atoms with Crippen molar-refractivity contribution in [2.24, 2.45) is 10.8 Å². The molecule has 0 aromatic heterocycles. The number of thioether (sulfide) groups is 1. The predicted molar refractivity (Wildman–Crippen MR) is 104 cm³/mol. The Labute approximate surface area is 156 Å². The molecular formula is C19H35NO4S. The fourth-order valence-corrected chi connectivity index (χ4v) is 4.03. The van der Waals surface area contributed by atoms with Crippen LogP contribution in [0.15, 0.2) is 0 Å². The minimum atomic E-state index is -1.01. The summed E-state index contributed by atoms with van der Waals surface area (Å²) in [6.07, 6.45) is 1.99. The number of nitrogens with one attached hydrogen (secondary N) is 1. The second-order valence-corrected chi connectivity index (χ2v) is 10.2. The highest BCUT2D eigenvalue weighted by Gasteiger charge is 2.33. The second kappa shape index (κ2) is 10.2. The van der Waals surface area contributed by atoms with Crippen molar-refractivity contribution in [1.29, 1.82) is 0 Å². The van der Waals surface area contributed by atoms with E-state index in [9.17, 15) is 19.5 Å². The van der Waals surface area contributed by atoms with Gasteiger partial charge < -0.3 is 10.4 Å². The highest BCUT2D eigenvalue weighted by molar-refractivity contribution is 7.99. The number of hydrogen-bond donors (Lipinski definition) is 2. The average Bonchev–Trinajstić information content (AvgIpc) is 2.39. The molecule has 25 heavy (non-hydrogen) atoms. The Morgan fingerprint density at radius 2 is 1.56 bits per heavy atom. The van der Waals surface area contributed by atoms with Gasteiger partial charge >= 0.3 is 5.97 Å². The van der Waals surface area contributed by atoms with Crippen molar-refractivity contribution >= 4 is 29.4 Å². The van der Waals surface area contributed by atoms with Crippen molar-refractivity contribution in [3.05, 3.63) is 0 Å². The summed E-state index contributed by atoms with van der Waals surface area (Å²) in [4.78, 5) is 35.4. The minimum absolute atomic E-state index is 0.184. The van der Waals surface area contributed by atoms with E-state index >= 15 is 0 Å². The third kappa shape index (κ3) is 11.2. The normalized spacial score (nSPS) is 13.6. The van der Waals surface area contributed by atoms with Crippen LogP contribution in [0.25, 0.3) is 0 Å². The molecule has 0 fully saturated rings. The van der Waals surface area contributed by atoms with Crippen molar-refractivity contribution in [3.63, 3.8) is 0 Å². The smallest absolute Gasteiger partial charge is 0.327 e. The number of carboxylic acid groups (broad SMARTS) is 1. The molecule has 0 rings (SSSR count). The number of ketones is 1. The van der Waals surface area contributed by atoms with Crippen molar-refractivity contribution in [3.8, 4) is 0 Å². The molecule has 2 N–H and O–H groups in total. The zero-order chi connectivity index (χ0) is 19.8. The van der Waals surface area contributed by atoms with Gasteiger partial charge in [0.1, 0.15) is 11.8 Å². The number of hydrogen-bond acceptors (Lipinski definition) is 4. The van der Waals surface area contributed by atoms with Crippen LogP contribution in [0.5, 0.6) is 0 Å². The first-order valence-corrected chi connectivity index (χ1v) is 9.98. The molecule has 1 amide bonds. The molecule has 0 heterocycles. The van der Waals surface area contributed by atoms with E-state index in [1.807, 2.05) is 48.5 Å². The molecule has 0 aliphatic heterocycles. The highest BCUT2D eigenvalue weighted by atomic mass is 32.2. The third-order valence-electron chi connectivity index (χ3n) is 3.90. The summed E-state index contributed by atoms with van der Waals surface area (Å²) in [6, 6.07) is -0.870. The first kappa shape index (κ1) is 24.0. The quantitative estimate of drug-likeness (QED) is 0.542. The molecule has 0 aliphatic carbocycles. The Bertz CT molecular complexity index is 472. The average molecular weight is 374 g/mol. The van der Waals surface area contributed by atoms with Crippen molar-refractivity contribution < 1.29 is 19.5 Å². The Balaban J connectivity index is 4.72. The van der Waals surface area contributed by atoms with Crippen LogP contribution in [0.3, 0.4) is 0 Å². The maximum atomic E-state index is 12.3. The first-order chi connectivity index (χ1) is 11.3. The van der Waals surface area contributed by atoms with Crippen LogP contribution in [0.1, 0.15) is 74.1 Å². The summed E-state index contributed by atoms with van der Waals surface area (Å²) in [5.41, 5.74) is -0.494. The monoisotopic (exact) mass is 373 g/mol. The van der Waals surface area contributed by atoms with Gasteiger partial charge in [-0.3, -0.25) is 9.59 Å². The second-order valence-electron chi connectivity index (χ2n) is 8.59. The van der Waals surface area contributed by atoms with Gasteiger partial charge in [0.05, 0.1) is 0 Å². The summed E-state index contributed by atoms with van der Waals surface area (Å²) in [7, 11) is 0. The highest BCUT2D eigenvalue weighted by Crippen LogP contribution is 2.38. The molecule has 1 atom stereocenters. The van der Waals surface area contributed by atoms with E-state index in [1.54, 1.807) is 0 Å². The lowest BCUT2D eigenvalue weighted by molar-refractivity contribution is -0.141. The lowest BCUT2D eigenvalue weighted by Gasteiger charge is -2.34. The van der Waals surface area contributed by atoms with E-state index in [-0.39, 0.29) is 28.9 Å². The summed E-state index contributed by atoms with van der Waals surface area (Å²) < 4.78 is 0. The molecule has 0 spiro atoms. The first-order valence-electron chi connectivity index (χ1n) is 8.93. The number of rotatable bonds is 12. The molecular weight excluding hydrogens is 338 g/mol. The zero-order valence-electron chi connectivity index (χ0n) is 16.8. The van der Waals surface area contributed by atoms with Crippen molar-refractivity contribution in [2.45, 2.75) is 85.4 Å². The van der Waals surface area contributed by atoms with E-state index in [1.165, 1.54) is 11.8 Å². The SMILES string of the molecule is CCC(=O)CC(C)(C)CC(C)(C)CC(=O)NC(CSC(C)C)C(=O)O. The van der Waals surface area contributed by atoms with Gasteiger partial charge in [-0.05, 0) is 22.5 Å². The van der Waals surface area contributed by atoms with Crippen LogP contribution >= 0.6 is 11.8 Å². The van der Waals surface area contributed by atoms with Crippen LogP contribution in [-0.2, 0) is 14.4 Å². The molecule has 146 valence electrons. The summed E-state index contributed by atoms with van der Waals surface area (Å²) in [5.74, 6) is -0.676. The molecule has 0 saturated carbocycles. The van der Waals surface area contributed by atoms with Crippen molar-refractivity contribution in [1.82, 2.24) is 5.32 Å². The van der Waals surface area contributed by atoms with E-state index in [4.69, 9.17) is 0 Å². The van der Waals surface area contributed by atoms with E-state index in [0.717, 1.165) is 6.42 Å². The summed E-state index contributed by atoms with van der Waals surface area (Å²) >= 11 is 1.51. The van der Waals surface area contributed by atoms with Gasteiger partial charge in [0.2, 0.25) is 5.91 Å². The third-order valence-corrected chi connectivity index (χ3v) is 5.09. The number of amides is 1. The Morgan fingerprint density at radius 1 is 1.04 bits per heavy atom. The van der Waals surface area contributed by atoms with E-state index in [2.05, 4.69) is 5.32 Å². The van der Waals surface area contributed by atoms with Gasteiger partial charge in [-0.1, -0.05) is 48.5 Å². The topological polar surface area (TPSA) is 83.5 Å². The maximum absolute atomic E-state index is 12.3. The molecule has 0 saturated heterocycles. The maximum Gasteiger partial charge on any atom is 0.327 e. The molecule has 0 aromatic rings. The lowest BCUT2D eigenvalue weighted by Crippen LogP contribution is -2.44. The van der Waals surface area contributed by atoms with Gasteiger partial charge in [0.25, 0.3) is 0 Å². The van der Waals surface area contributed by atoms with Crippen LogP contribution in [-0.4, -0.2) is 39.8 Å². The molecule has 0 aromatic carbocycles. The van der Waals surface area contributed by atoms with Crippen molar-refractivity contribution in [2.75, 3.05) is 5.75 Å². The fraction of sp³-hybridized carbons (Fsp3) is 0.842. The number of carboxylic acids is 1. The Kier molecular flexibility index (Phi) is 9.77. The zero-order valence-corrected chi connectivity index (χ0v) is 17.6. The molecule has 1 unspecified atom stereocenters. The number of aliphatic carboxylic acids is 1. The van der Waals surface area contributed by atoms with Crippen LogP contribution in [0.4, 0.5) is 0 Å². The van der Waals surface area contributed by atoms with Crippen LogP contribution in [0.2, 0.25) is 0 Å². The van der Waals surface area contributed by atoms with Gasteiger partial charge in [-0.2, -0.15) is 11.8 Å². The van der Waals surface area contributed by atoms with Crippen LogP contribution < -0.4 is 5.32 Å². The largest absolute Gasteiger partial charge is 0.480 e. The van der Waals surface area contributed by atoms with Gasteiger partial charge in [-0.25, -0.2) is 4.79 Å². The molecule has 0 aliphatic rings. The van der Waals surface area contributed by atoms with E-state index < -0.39 is 12.0 Å². The standard InChI is InChI=1S/C19H35NO4S/c1-8-14(21)9-18(4,5)12-19(6,7)10-16(22)20-15(17(23)24)11-25-13(2)3/h13,15H,8-12H2,1-7H3,(H,20,22)(H,23,24). The van der Waals surface area contributed by atoms with Crippen LogP contribution in [0, 0.1) is 10.8 Å². The Hall–Kier alpha value is -1.04. The molecule has 6 heteroatoms. The fourth-order valence-electron chi connectivity index (χ4n) is 3.22. The number of carbonyl (C=O) groups excluding carboxylic acids is 2. The molecule has 0 radical (unpaired) electrons. The number of carbonyl (C=O) groups is 3. The van der Waals surface area contributed by atoms with Gasteiger partial charge in [-0.15, -0.1) is 0 Å². The summed E-state index contributed by atoms with van der Waals surface area (Å²) in [6.45, 7) is 13.9. The summed E-state index contributed by atoms with van der Waals surface area (Å²) in [5, 5.41) is 12.2. The predicted octanol–water partition coefficient (Wildman–Crippen LogP) is 3.90. The molecule has 0 bridgehead atoms. The van der Waals surface area contributed by atoms with E-state index in [0.29, 0.717) is 23.8 Å². The minimum Gasteiger partial charge on any atom is -0.480 e. The van der Waals surface area contributed by atoms with Gasteiger partial charge in [0, 0.05) is 25.0 Å².